The van der Waals surface area contributed by atoms with Gasteiger partial charge in [-0.25, -0.2) is 14.8 Å². The first-order valence-corrected chi connectivity index (χ1v) is 9.02. The van der Waals surface area contributed by atoms with Crippen LogP contribution in [0, 0.1) is 0 Å². The van der Waals surface area contributed by atoms with Gasteiger partial charge in [-0.2, -0.15) is 8.75 Å². The Morgan fingerprint density at radius 2 is 2.20 bits per heavy atom. The molecule has 0 bridgehead atoms. The molecule has 8 heteroatoms. The van der Waals surface area contributed by atoms with Crippen LogP contribution in [0.1, 0.15) is 30.0 Å². The molecule has 1 atom stereocenters. The number of hydrogen-bond acceptors (Lipinski definition) is 6. The maximum atomic E-state index is 12.5. The van der Waals surface area contributed by atoms with E-state index in [9.17, 15) is 4.79 Å². The van der Waals surface area contributed by atoms with Crippen LogP contribution in [0.3, 0.4) is 0 Å². The zero-order chi connectivity index (χ0) is 17.1. The zero-order valence-electron chi connectivity index (χ0n) is 13.6. The van der Waals surface area contributed by atoms with Crippen molar-refractivity contribution in [3.8, 4) is 0 Å². The molecular formula is C17H18N6OS. The fourth-order valence-corrected chi connectivity index (χ4v) is 3.69. The molecule has 0 aliphatic carbocycles. The highest BCUT2D eigenvalue weighted by Crippen LogP contribution is 2.25. The number of urea groups is 1. The summed E-state index contributed by atoms with van der Waals surface area (Å²) in [6, 6.07) is 7.79. The van der Waals surface area contributed by atoms with Gasteiger partial charge in [0, 0.05) is 37.4 Å². The molecule has 25 heavy (non-hydrogen) atoms. The van der Waals surface area contributed by atoms with Gasteiger partial charge in [0.05, 0.1) is 11.7 Å². The Morgan fingerprint density at radius 3 is 3.08 bits per heavy atom. The van der Waals surface area contributed by atoms with Crippen LogP contribution in [-0.4, -0.2) is 42.7 Å². The average molecular weight is 354 g/mol. The number of rotatable bonds is 3. The van der Waals surface area contributed by atoms with Crippen LogP contribution in [-0.2, 0) is 6.54 Å². The molecule has 0 unspecified atom stereocenters. The van der Waals surface area contributed by atoms with E-state index in [1.54, 1.807) is 12.5 Å². The summed E-state index contributed by atoms with van der Waals surface area (Å²) in [4.78, 5) is 22.7. The van der Waals surface area contributed by atoms with Gasteiger partial charge in [0.25, 0.3) is 0 Å². The summed E-state index contributed by atoms with van der Waals surface area (Å²) >= 11 is 1.20. The van der Waals surface area contributed by atoms with Gasteiger partial charge in [-0.3, -0.25) is 0 Å². The molecule has 1 fully saturated rings. The molecule has 0 radical (unpaired) electrons. The minimum atomic E-state index is -0.0322. The van der Waals surface area contributed by atoms with Gasteiger partial charge in [0.1, 0.15) is 17.4 Å². The Labute approximate surface area is 149 Å². The van der Waals surface area contributed by atoms with Gasteiger partial charge in [-0.05, 0) is 36.6 Å². The van der Waals surface area contributed by atoms with Gasteiger partial charge < -0.3 is 10.2 Å². The topological polar surface area (TPSA) is 83.9 Å². The van der Waals surface area contributed by atoms with Crippen LogP contribution in [0.5, 0.6) is 0 Å². The van der Waals surface area contributed by atoms with Gasteiger partial charge in [-0.15, -0.1) is 0 Å². The number of likely N-dealkylation sites (tertiary alicyclic amines) is 1. The average Bonchev–Trinajstić information content (AvgIpc) is 3.15. The van der Waals surface area contributed by atoms with Crippen molar-refractivity contribution in [2.45, 2.75) is 25.3 Å². The molecule has 2 aromatic heterocycles. The summed E-state index contributed by atoms with van der Waals surface area (Å²) in [5, 5.41) is 3.01. The number of nitrogens with one attached hydrogen (secondary N) is 1. The number of carbonyl (C=O) groups excluding carboxylic acids is 1. The van der Waals surface area contributed by atoms with E-state index >= 15 is 0 Å². The van der Waals surface area contributed by atoms with E-state index < -0.39 is 0 Å². The second-order valence-corrected chi connectivity index (χ2v) is 6.69. The van der Waals surface area contributed by atoms with Crippen molar-refractivity contribution < 1.29 is 4.79 Å². The highest BCUT2D eigenvalue weighted by Gasteiger charge is 2.25. The molecule has 128 valence electrons. The number of nitrogens with zero attached hydrogens (tertiary/aromatic N) is 5. The summed E-state index contributed by atoms with van der Waals surface area (Å²) in [5.41, 5.74) is 3.80. The van der Waals surface area contributed by atoms with Gasteiger partial charge in [0.2, 0.25) is 0 Å². The Balaban J connectivity index is 1.37. The van der Waals surface area contributed by atoms with Crippen LogP contribution in [0.25, 0.3) is 11.0 Å². The van der Waals surface area contributed by atoms with E-state index in [0.29, 0.717) is 13.1 Å². The van der Waals surface area contributed by atoms with E-state index in [-0.39, 0.29) is 11.9 Å². The Bertz CT molecular complexity index is 868. The molecule has 2 amide bonds. The number of piperidine rings is 1. The quantitative estimate of drug-likeness (QED) is 0.781. The molecular weight excluding hydrogens is 336 g/mol. The van der Waals surface area contributed by atoms with Gasteiger partial charge >= 0.3 is 6.03 Å². The van der Waals surface area contributed by atoms with E-state index in [1.807, 2.05) is 29.2 Å². The van der Waals surface area contributed by atoms with Crippen LogP contribution >= 0.6 is 11.7 Å². The molecule has 7 nitrogen and oxygen atoms in total. The maximum absolute atomic E-state index is 12.5. The van der Waals surface area contributed by atoms with Crippen LogP contribution in [0.4, 0.5) is 4.79 Å². The predicted octanol–water partition coefficient (Wildman–Crippen LogP) is 2.57. The molecule has 4 rings (SSSR count). The van der Waals surface area contributed by atoms with E-state index in [2.05, 4.69) is 24.0 Å². The highest BCUT2D eigenvalue weighted by molar-refractivity contribution is 7.00. The monoisotopic (exact) mass is 354 g/mol. The van der Waals surface area contributed by atoms with E-state index in [0.717, 1.165) is 41.7 Å². The van der Waals surface area contributed by atoms with Crippen molar-refractivity contribution >= 4 is 28.8 Å². The minimum Gasteiger partial charge on any atom is -0.334 e. The lowest BCUT2D eigenvalue weighted by Crippen LogP contribution is -2.44. The van der Waals surface area contributed by atoms with Crippen molar-refractivity contribution in [1.82, 2.24) is 28.9 Å². The third kappa shape index (κ3) is 3.58. The molecule has 1 aromatic carbocycles. The van der Waals surface area contributed by atoms with Gasteiger partial charge in [-0.1, -0.05) is 6.07 Å². The van der Waals surface area contributed by atoms with E-state index in [1.165, 1.54) is 11.7 Å². The van der Waals surface area contributed by atoms with Crippen molar-refractivity contribution in [3.63, 3.8) is 0 Å². The number of carbonyl (C=O) groups is 1. The van der Waals surface area contributed by atoms with Crippen molar-refractivity contribution in [3.05, 3.63) is 48.0 Å². The number of amides is 2. The number of fused-ring (bicyclic) bond motifs is 1. The molecule has 0 saturated carbocycles. The molecule has 3 aromatic rings. The Kier molecular flexibility index (Phi) is 4.51. The molecule has 1 aliphatic heterocycles. The lowest BCUT2D eigenvalue weighted by Gasteiger charge is -2.32. The standard InChI is InChI=1S/C17H18N6OS/c24-17(19-9-12-3-4-15-16(8-12)22-25-21-15)23-7-1-2-13(10-23)14-5-6-18-11-20-14/h3-6,8,11,13H,1-2,7,9-10H2,(H,19,24)/t13-/m0/s1. The third-order valence-corrected chi connectivity index (χ3v) is 5.05. The van der Waals surface area contributed by atoms with E-state index in [4.69, 9.17) is 0 Å². The van der Waals surface area contributed by atoms with Crippen molar-refractivity contribution in [2.75, 3.05) is 13.1 Å². The fourth-order valence-electron chi connectivity index (χ4n) is 3.17. The maximum Gasteiger partial charge on any atom is 0.317 e. The first kappa shape index (κ1) is 15.9. The van der Waals surface area contributed by atoms with Crippen LogP contribution in [0.15, 0.2) is 36.8 Å². The van der Waals surface area contributed by atoms with Crippen molar-refractivity contribution in [2.24, 2.45) is 0 Å². The van der Waals surface area contributed by atoms with Crippen molar-refractivity contribution in [1.29, 1.82) is 0 Å². The lowest BCUT2D eigenvalue weighted by atomic mass is 9.95. The molecule has 1 saturated heterocycles. The first-order chi connectivity index (χ1) is 12.3. The third-order valence-electron chi connectivity index (χ3n) is 4.49. The number of benzene rings is 1. The summed E-state index contributed by atoms with van der Waals surface area (Å²) in [7, 11) is 0. The molecule has 1 aliphatic rings. The SMILES string of the molecule is O=C(NCc1ccc2nsnc2c1)N1CCC[C@H](c2ccncn2)C1. The first-order valence-electron chi connectivity index (χ1n) is 8.29. The predicted molar refractivity (Wildman–Crippen MR) is 95.2 cm³/mol. The molecule has 1 N–H and O–H groups in total. The minimum absolute atomic E-state index is 0.0322. The second kappa shape index (κ2) is 7.10. The van der Waals surface area contributed by atoms with Gasteiger partial charge in [0.15, 0.2) is 0 Å². The summed E-state index contributed by atoms with van der Waals surface area (Å²) in [5.74, 6) is 0.278. The number of aromatic nitrogens is 4. The molecule has 0 spiro atoms. The number of hydrogen-bond donors (Lipinski definition) is 1. The largest absolute Gasteiger partial charge is 0.334 e. The summed E-state index contributed by atoms with van der Waals surface area (Å²) in [6.07, 6.45) is 5.36. The molecule has 3 heterocycles. The second-order valence-electron chi connectivity index (χ2n) is 6.17. The Hall–Kier alpha value is -2.61. The van der Waals surface area contributed by atoms with Crippen LogP contribution < -0.4 is 5.32 Å². The normalized spacial score (nSPS) is 17.6. The lowest BCUT2D eigenvalue weighted by molar-refractivity contribution is 0.178. The summed E-state index contributed by atoms with van der Waals surface area (Å²) < 4.78 is 8.43. The fraction of sp³-hybridized carbons (Fsp3) is 0.353. The van der Waals surface area contributed by atoms with Crippen LogP contribution in [0.2, 0.25) is 0 Å². The highest BCUT2D eigenvalue weighted by atomic mass is 32.1. The Morgan fingerprint density at radius 1 is 1.28 bits per heavy atom. The smallest absolute Gasteiger partial charge is 0.317 e. The zero-order valence-corrected chi connectivity index (χ0v) is 14.4. The summed E-state index contributed by atoms with van der Waals surface area (Å²) in [6.45, 7) is 1.96.